The molecule has 5 nitrogen and oxygen atoms in total. The number of rotatable bonds is 6. The maximum Gasteiger partial charge on any atom is 0.244 e. The topological polar surface area (TPSA) is 68.3 Å². The number of benzene rings is 1. The lowest BCUT2D eigenvalue weighted by Gasteiger charge is -2.11. The standard InChI is InChI=1S/C17H18N2O3S3/c1-11-6-7-13(22-3)16(9-11)25(20,21)18-10-15-12(2)19-17(24-15)14-5-4-8-23-14/h4-9,18H,10H2,1-3H3. The molecule has 0 unspecified atom stereocenters. The summed E-state index contributed by atoms with van der Waals surface area (Å²) in [5.41, 5.74) is 1.70. The normalized spacial score (nSPS) is 11.6. The number of hydrogen-bond donors (Lipinski definition) is 1. The predicted molar refractivity (Wildman–Crippen MR) is 102 cm³/mol. The minimum Gasteiger partial charge on any atom is -0.495 e. The van der Waals surface area contributed by atoms with E-state index in [0.717, 1.165) is 26.0 Å². The highest BCUT2D eigenvalue weighted by atomic mass is 32.2. The monoisotopic (exact) mass is 394 g/mol. The molecule has 1 aromatic carbocycles. The van der Waals surface area contributed by atoms with Crippen LogP contribution in [0.4, 0.5) is 0 Å². The molecule has 0 bridgehead atoms. The molecule has 1 N–H and O–H groups in total. The molecule has 0 amide bonds. The summed E-state index contributed by atoms with van der Waals surface area (Å²) in [6.45, 7) is 3.94. The Hall–Kier alpha value is -1.74. The average molecular weight is 395 g/mol. The van der Waals surface area contributed by atoms with Gasteiger partial charge in [-0.3, -0.25) is 0 Å². The molecule has 0 radical (unpaired) electrons. The van der Waals surface area contributed by atoms with Gasteiger partial charge in [-0.2, -0.15) is 0 Å². The van der Waals surface area contributed by atoms with Crippen molar-refractivity contribution in [3.05, 3.63) is 51.8 Å². The summed E-state index contributed by atoms with van der Waals surface area (Å²) in [4.78, 5) is 6.68. The van der Waals surface area contributed by atoms with E-state index in [1.807, 2.05) is 37.4 Å². The van der Waals surface area contributed by atoms with Crippen molar-refractivity contribution in [3.8, 4) is 15.6 Å². The number of aromatic nitrogens is 1. The fourth-order valence-electron chi connectivity index (χ4n) is 2.33. The Morgan fingerprint density at radius 1 is 1.24 bits per heavy atom. The number of sulfonamides is 1. The van der Waals surface area contributed by atoms with Crippen LogP contribution in [0.1, 0.15) is 16.1 Å². The van der Waals surface area contributed by atoms with Gasteiger partial charge in [0.05, 0.1) is 17.7 Å². The van der Waals surface area contributed by atoms with Gasteiger partial charge in [-0.25, -0.2) is 18.1 Å². The molecule has 0 fully saturated rings. The first-order chi connectivity index (χ1) is 11.9. The largest absolute Gasteiger partial charge is 0.495 e. The summed E-state index contributed by atoms with van der Waals surface area (Å²) in [5.74, 6) is 0.332. The van der Waals surface area contributed by atoms with Crippen molar-refractivity contribution in [1.82, 2.24) is 9.71 Å². The Balaban J connectivity index is 1.83. The van der Waals surface area contributed by atoms with Crippen molar-refractivity contribution >= 4 is 32.7 Å². The lowest BCUT2D eigenvalue weighted by molar-refractivity contribution is 0.402. The zero-order chi connectivity index (χ0) is 18.0. The molecule has 0 aliphatic heterocycles. The summed E-state index contributed by atoms with van der Waals surface area (Å²) in [6.07, 6.45) is 0. The van der Waals surface area contributed by atoms with E-state index in [-0.39, 0.29) is 11.4 Å². The van der Waals surface area contributed by atoms with Gasteiger partial charge in [0, 0.05) is 11.4 Å². The van der Waals surface area contributed by atoms with Gasteiger partial charge in [0.2, 0.25) is 10.0 Å². The van der Waals surface area contributed by atoms with E-state index in [9.17, 15) is 8.42 Å². The van der Waals surface area contributed by atoms with Crippen LogP contribution in [0.2, 0.25) is 0 Å². The summed E-state index contributed by atoms with van der Waals surface area (Å²) >= 11 is 3.13. The zero-order valence-corrected chi connectivity index (χ0v) is 16.5. The molecular formula is C17H18N2O3S3. The van der Waals surface area contributed by atoms with E-state index in [1.54, 1.807) is 23.5 Å². The SMILES string of the molecule is COc1ccc(C)cc1S(=O)(=O)NCc1sc(-c2cccs2)nc1C. The Bertz CT molecular complexity index is 977. The number of ether oxygens (including phenoxy) is 1. The first-order valence-electron chi connectivity index (χ1n) is 7.55. The summed E-state index contributed by atoms with van der Waals surface area (Å²) in [7, 11) is -2.22. The molecule has 2 heterocycles. The number of aryl methyl sites for hydroxylation is 2. The number of methoxy groups -OCH3 is 1. The van der Waals surface area contributed by atoms with E-state index in [0.29, 0.717) is 5.75 Å². The van der Waals surface area contributed by atoms with Crippen molar-refractivity contribution in [2.45, 2.75) is 25.3 Å². The third-order valence-electron chi connectivity index (χ3n) is 3.66. The lowest BCUT2D eigenvalue weighted by atomic mass is 10.2. The number of nitrogens with one attached hydrogen (secondary N) is 1. The van der Waals surface area contributed by atoms with Crippen molar-refractivity contribution < 1.29 is 13.2 Å². The van der Waals surface area contributed by atoms with Crippen molar-refractivity contribution in [2.75, 3.05) is 7.11 Å². The molecule has 0 saturated carbocycles. The first kappa shape index (κ1) is 18.1. The van der Waals surface area contributed by atoms with Gasteiger partial charge in [-0.1, -0.05) is 12.1 Å². The second-order valence-corrected chi connectivity index (χ2v) is 9.25. The minimum atomic E-state index is -3.68. The number of thiazole rings is 1. The second-order valence-electron chi connectivity index (χ2n) is 5.48. The highest BCUT2D eigenvalue weighted by Crippen LogP contribution is 2.31. The van der Waals surface area contributed by atoms with Gasteiger partial charge in [0.25, 0.3) is 0 Å². The van der Waals surface area contributed by atoms with E-state index in [4.69, 9.17) is 4.74 Å². The molecule has 3 rings (SSSR count). The third kappa shape index (κ3) is 3.92. The molecule has 0 saturated heterocycles. The number of nitrogens with zero attached hydrogens (tertiary/aromatic N) is 1. The summed E-state index contributed by atoms with van der Waals surface area (Å²) in [6, 6.07) is 9.07. The van der Waals surface area contributed by atoms with E-state index < -0.39 is 10.0 Å². The number of hydrogen-bond acceptors (Lipinski definition) is 6. The first-order valence-corrected chi connectivity index (χ1v) is 10.7. The Morgan fingerprint density at radius 3 is 2.72 bits per heavy atom. The van der Waals surface area contributed by atoms with Crippen LogP contribution in [0, 0.1) is 13.8 Å². The fourth-order valence-corrected chi connectivity index (χ4v) is 5.47. The van der Waals surface area contributed by atoms with Gasteiger partial charge in [-0.05, 0) is 43.0 Å². The zero-order valence-electron chi connectivity index (χ0n) is 14.1. The highest BCUT2D eigenvalue weighted by molar-refractivity contribution is 7.89. The van der Waals surface area contributed by atoms with Crippen LogP contribution in [0.3, 0.4) is 0 Å². The Kier molecular flexibility index (Phi) is 5.24. The van der Waals surface area contributed by atoms with Crippen LogP contribution >= 0.6 is 22.7 Å². The number of thiophene rings is 1. The van der Waals surface area contributed by atoms with Crippen molar-refractivity contribution in [2.24, 2.45) is 0 Å². The van der Waals surface area contributed by atoms with E-state index >= 15 is 0 Å². The van der Waals surface area contributed by atoms with Crippen LogP contribution in [0.15, 0.2) is 40.6 Å². The van der Waals surface area contributed by atoms with Gasteiger partial charge < -0.3 is 4.74 Å². The van der Waals surface area contributed by atoms with Crippen LogP contribution in [0.5, 0.6) is 5.75 Å². The summed E-state index contributed by atoms with van der Waals surface area (Å²) < 4.78 is 33.2. The van der Waals surface area contributed by atoms with Gasteiger partial charge in [0.15, 0.2) is 0 Å². The van der Waals surface area contributed by atoms with Crippen LogP contribution in [0.25, 0.3) is 9.88 Å². The second kappa shape index (κ2) is 7.25. The quantitative estimate of drug-likeness (QED) is 0.687. The molecule has 0 spiro atoms. The molecule has 3 aromatic rings. The maximum atomic E-state index is 12.7. The van der Waals surface area contributed by atoms with E-state index in [2.05, 4.69) is 9.71 Å². The molecule has 2 aromatic heterocycles. The molecule has 0 aliphatic carbocycles. The molecule has 8 heteroatoms. The summed E-state index contributed by atoms with van der Waals surface area (Å²) in [5, 5.41) is 2.91. The third-order valence-corrected chi connectivity index (χ3v) is 7.27. The van der Waals surface area contributed by atoms with Crippen LogP contribution < -0.4 is 9.46 Å². The highest BCUT2D eigenvalue weighted by Gasteiger charge is 2.20. The molecule has 132 valence electrons. The van der Waals surface area contributed by atoms with Crippen molar-refractivity contribution in [3.63, 3.8) is 0 Å². The molecule has 25 heavy (non-hydrogen) atoms. The minimum absolute atomic E-state index is 0.149. The molecular weight excluding hydrogens is 376 g/mol. The molecule has 0 aliphatic rings. The van der Waals surface area contributed by atoms with Crippen molar-refractivity contribution in [1.29, 1.82) is 0 Å². The van der Waals surface area contributed by atoms with Crippen LogP contribution in [-0.2, 0) is 16.6 Å². The Morgan fingerprint density at radius 2 is 2.04 bits per heavy atom. The molecule has 0 atom stereocenters. The lowest BCUT2D eigenvalue weighted by Crippen LogP contribution is -2.23. The fraction of sp³-hybridized carbons (Fsp3) is 0.235. The predicted octanol–water partition coefficient (Wildman–Crippen LogP) is 3.98. The Labute approximate surface area is 155 Å². The van der Waals surface area contributed by atoms with Gasteiger partial charge >= 0.3 is 0 Å². The smallest absolute Gasteiger partial charge is 0.244 e. The van der Waals surface area contributed by atoms with Gasteiger partial charge in [-0.15, -0.1) is 22.7 Å². The maximum absolute atomic E-state index is 12.7. The van der Waals surface area contributed by atoms with Gasteiger partial charge in [0.1, 0.15) is 15.7 Å². The van der Waals surface area contributed by atoms with E-state index in [1.165, 1.54) is 18.4 Å². The average Bonchev–Trinajstić information content (AvgIpc) is 3.22. The van der Waals surface area contributed by atoms with Crippen LogP contribution in [-0.4, -0.2) is 20.5 Å².